The zero-order valence-corrected chi connectivity index (χ0v) is 15.3. The molecule has 0 spiro atoms. The van der Waals surface area contributed by atoms with Gasteiger partial charge in [0, 0.05) is 39.1 Å². The van der Waals surface area contributed by atoms with Crippen LogP contribution in [0.4, 0.5) is 0 Å². The van der Waals surface area contributed by atoms with Gasteiger partial charge in [0.25, 0.3) is 16.1 Å². The van der Waals surface area contributed by atoms with Crippen LogP contribution in [0.3, 0.4) is 0 Å². The van der Waals surface area contributed by atoms with Crippen molar-refractivity contribution in [2.75, 3.05) is 33.7 Å². The van der Waals surface area contributed by atoms with E-state index in [1.807, 2.05) is 24.3 Å². The van der Waals surface area contributed by atoms with Crippen LogP contribution in [0.2, 0.25) is 0 Å². The fourth-order valence-corrected chi connectivity index (χ4v) is 4.13. The lowest BCUT2D eigenvalue weighted by atomic mass is 9.98. The molecule has 2 heterocycles. The molecule has 1 aromatic carbocycles. The van der Waals surface area contributed by atoms with Gasteiger partial charge in [0.05, 0.1) is 0 Å². The molecule has 25 heavy (non-hydrogen) atoms. The number of rotatable bonds is 5. The summed E-state index contributed by atoms with van der Waals surface area (Å²) in [4.78, 5) is 12.3. The minimum Gasteiger partial charge on any atom is -0.451 e. The van der Waals surface area contributed by atoms with Gasteiger partial charge in [-0.2, -0.15) is 17.0 Å². The molecule has 1 aromatic heterocycles. The molecule has 1 aliphatic rings. The van der Waals surface area contributed by atoms with Crippen LogP contribution in [-0.4, -0.2) is 56.7 Å². The molecule has 0 atom stereocenters. The van der Waals surface area contributed by atoms with Crippen LogP contribution in [0.5, 0.6) is 0 Å². The van der Waals surface area contributed by atoms with Gasteiger partial charge in [0.2, 0.25) is 0 Å². The van der Waals surface area contributed by atoms with E-state index in [1.54, 1.807) is 6.07 Å². The number of fused-ring (bicyclic) bond motifs is 1. The van der Waals surface area contributed by atoms with Crippen molar-refractivity contribution in [1.82, 2.24) is 13.9 Å². The first-order chi connectivity index (χ1) is 11.9. The first-order valence-electron chi connectivity index (χ1n) is 8.32. The van der Waals surface area contributed by atoms with E-state index in [9.17, 15) is 13.2 Å². The molecule has 8 heteroatoms. The molecular weight excluding hydrogens is 342 g/mol. The lowest BCUT2D eigenvalue weighted by molar-refractivity contribution is 0.0915. The topological polar surface area (TPSA) is 82.9 Å². The van der Waals surface area contributed by atoms with E-state index in [0.29, 0.717) is 31.0 Å². The normalized spacial score (nSPS) is 17.2. The third-order valence-corrected chi connectivity index (χ3v) is 6.50. The Labute approximate surface area is 147 Å². The number of furan rings is 1. The molecule has 0 radical (unpaired) electrons. The molecule has 0 saturated carbocycles. The van der Waals surface area contributed by atoms with E-state index >= 15 is 0 Å². The lowest BCUT2D eigenvalue weighted by Crippen LogP contribution is -2.45. The van der Waals surface area contributed by atoms with E-state index in [2.05, 4.69) is 5.32 Å². The van der Waals surface area contributed by atoms with Gasteiger partial charge in [-0.25, -0.2) is 0 Å². The number of benzene rings is 1. The SMILES string of the molecule is CN(C)S(=O)(=O)N1CCC(CNC(=O)c2cc3ccccc3o2)CC1. The fraction of sp³-hybridized carbons (Fsp3) is 0.471. The average molecular weight is 365 g/mol. The van der Waals surface area contributed by atoms with E-state index in [0.717, 1.165) is 18.2 Å². The van der Waals surface area contributed by atoms with Crippen molar-refractivity contribution >= 4 is 27.1 Å². The molecule has 2 aromatic rings. The fourth-order valence-electron chi connectivity index (χ4n) is 2.99. The number of nitrogens with zero attached hydrogens (tertiary/aromatic N) is 2. The zero-order valence-electron chi connectivity index (χ0n) is 14.4. The highest BCUT2D eigenvalue weighted by Gasteiger charge is 2.29. The number of carbonyl (C=O) groups excluding carboxylic acids is 1. The number of nitrogens with one attached hydrogen (secondary N) is 1. The van der Waals surface area contributed by atoms with Gasteiger partial charge in [-0.1, -0.05) is 18.2 Å². The maximum absolute atomic E-state index is 12.3. The third kappa shape index (κ3) is 3.86. The monoisotopic (exact) mass is 365 g/mol. The van der Waals surface area contributed by atoms with Crippen molar-refractivity contribution in [2.24, 2.45) is 5.92 Å². The van der Waals surface area contributed by atoms with Gasteiger partial charge >= 0.3 is 0 Å². The first-order valence-corrected chi connectivity index (χ1v) is 9.72. The van der Waals surface area contributed by atoms with Crippen molar-refractivity contribution < 1.29 is 17.6 Å². The molecule has 7 nitrogen and oxygen atoms in total. The Kier molecular flexibility index (Phi) is 5.12. The highest BCUT2D eigenvalue weighted by atomic mass is 32.2. The molecule has 3 rings (SSSR count). The summed E-state index contributed by atoms with van der Waals surface area (Å²) >= 11 is 0. The van der Waals surface area contributed by atoms with Crippen LogP contribution in [0.1, 0.15) is 23.4 Å². The molecular formula is C17H23N3O4S. The summed E-state index contributed by atoms with van der Waals surface area (Å²) in [7, 11) is -0.275. The minimum absolute atomic E-state index is 0.237. The summed E-state index contributed by atoms with van der Waals surface area (Å²) in [5.74, 6) is 0.329. The van der Waals surface area contributed by atoms with E-state index in [-0.39, 0.29) is 11.8 Å². The van der Waals surface area contributed by atoms with Crippen molar-refractivity contribution in [3.63, 3.8) is 0 Å². The van der Waals surface area contributed by atoms with E-state index < -0.39 is 10.2 Å². The summed E-state index contributed by atoms with van der Waals surface area (Å²) in [6.45, 7) is 1.48. The Hall–Kier alpha value is -1.90. The maximum Gasteiger partial charge on any atom is 0.287 e. The van der Waals surface area contributed by atoms with Gasteiger partial charge in [0.1, 0.15) is 5.58 Å². The van der Waals surface area contributed by atoms with Crippen LogP contribution in [-0.2, 0) is 10.2 Å². The van der Waals surface area contributed by atoms with Crippen molar-refractivity contribution in [2.45, 2.75) is 12.8 Å². The van der Waals surface area contributed by atoms with Gasteiger partial charge in [-0.05, 0) is 30.9 Å². The number of carbonyl (C=O) groups is 1. The maximum atomic E-state index is 12.3. The van der Waals surface area contributed by atoms with Crippen LogP contribution in [0.25, 0.3) is 11.0 Å². The molecule has 0 unspecified atom stereocenters. The molecule has 1 N–H and O–H groups in total. The van der Waals surface area contributed by atoms with Gasteiger partial charge in [-0.15, -0.1) is 0 Å². The van der Waals surface area contributed by atoms with Crippen LogP contribution < -0.4 is 5.32 Å². The predicted molar refractivity (Wildman–Crippen MR) is 95.5 cm³/mol. The molecule has 1 saturated heterocycles. The number of para-hydroxylation sites is 1. The van der Waals surface area contributed by atoms with Crippen LogP contribution in [0.15, 0.2) is 34.7 Å². The van der Waals surface area contributed by atoms with Crippen LogP contribution in [0, 0.1) is 5.92 Å². The quantitative estimate of drug-likeness (QED) is 0.874. The smallest absolute Gasteiger partial charge is 0.287 e. The number of hydrogen-bond donors (Lipinski definition) is 1. The molecule has 1 amide bonds. The summed E-state index contributed by atoms with van der Waals surface area (Å²) < 4.78 is 32.5. The Morgan fingerprint density at radius 3 is 2.60 bits per heavy atom. The Morgan fingerprint density at radius 2 is 1.96 bits per heavy atom. The predicted octanol–water partition coefficient (Wildman–Crippen LogP) is 1.68. The first kappa shape index (κ1) is 17.9. The van der Waals surface area contributed by atoms with Gasteiger partial charge < -0.3 is 9.73 Å². The third-order valence-electron chi connectivity index (χ3n) is 4.56. The Morgan fingerprint density at radius 1 is 1.28 bits per heavy atom. The zero-order chi connectivity index (χ0) is 18.0. The van der Waals surface area contributed by atoms with Crippen molar-refractivity contribution in [1.29, 1.82) is 0 Å². The molecule has 136 valence electrons. The van der Waals surface area contributed by atoms with Gasteiger partial charge in [0.15, 0.2) is 5.76 Å². The standard InChI is InChI=1S/C17H23N3O4S/c1-19(2)25(22,23)20-9-7-13(8-10-20)12-18-17(21)16-11-14-5-3-4-6-15(14)24-16/h3-6,11,13H,7-10,12H2,1-2H3,(H,18,21). The van der Waals surface area contributed by atoms with Gasteiger partial charge in [-0.3, -0.25) is 4.79 Å². The molecule has 1 fully saturated rings. The summed E-state index contributed by atoms with van der Waals surface area (Å²) in [5.41, 5.74) is 0.690. The average Bonchev–Trinajstić information content (AvgIpc) is 3.04. The second-order valence-electron chi connectivity index (χ2n) is 6.49. The number of piperidine rings is 1. The minimum atomic E-state index is -3.35. The summed E-state index contributed by atoms with van der Waals surface area (Å²) in [6, 6.07) is 9.22. The summed E-state index contributed by atoms with van der Waals surface area (Å²) in [6.07, 6.45) is 1.46. The Bertz CT molecular complexity index is 819. The molecule has 0 aliphatic carbocycles. The highest BCUT2D eigenvalue weighted by molar-refractivity contribution is 7.86. The largest absolute Gasteiger partial charge is 0.451 e. The molecule has 1 aliphatic heterocycles. The summed E-state index contributed by atoms with van der Waals surface area (Å²) in [5, 5.41) is 3.79. The van der Waals surface area contributed by atoms with Crippen molar-refractivity contribution in [3.8, 4) is 0 Å². The number of hydrogen-bond acceptors (Lipinski definition) is 4. The number of amides is 1. The second-order valence-corrected chi connectivity index (χ2v) is 8.63. The lowest BCUT2D eigenvalue weighted by Gasteiger charge is -2.32. The van der Waals surface area contributed by atoms with E-state index in [4.69, 9.17) is 4.42 Å². The highest BCUT2D eigenvalue weighted by Crippen LogP contribution is 2.21. The van der Waals surface area contributed by atoms with E-state index in [1.165, 1.54) is 22.7 Å². The molecule has 0 bridgehead atoms. The Balaban J connectivity index is 1.52. The van der Waals surface area contributed by atoms with Crippen molar-refractivity contribution in [3.05, 3.63) is 36.1 Å². The second kappa shape index (κ2) is 7.15. The van der Waals surface area contributed by atoms with Crippen LogP contribution >= 0.6 is 0 Å².